The lowest BCUT2D eigenvalue weighted by molar-refractivity contribution is 1.06. The fourth-order valence-electron chi connectivity index (χ4n) is 3.89. The second kappa shape index (κ2) is 6.70. The average Bonchev–Trinajstić information content (AvgIpc) is 2.75. The van der Waals surface area contributed by atoms with Crippen LogP contribution in [-0.4, -0.2) is 9.52 Å². The molecule has 0 aromatic heterocycles. The standard InChI is InChI=1S/C25H16S2Si/c1-2-6-20-18(5-1)14-19-13-16(9-11-21(19)26-20)17-10-12-23-25(15-17)28-24-8-4-3-7-22(24)27-23/h1-13,15H,14H2. The lowest BCUT2D eigenvalue weighted by Crippen LogP contribution is -2.33. The summed E-state index contributed by atoms with van der Waals surface area (Å²) in [6, 6.07) is 31.6. The molecular weight excluding hydrogens is 392 g/mol. The molecule has 0 bridgehead atoms. The Balaban J connectivity index is 1.36. The van der Waals surface area contributed by atoms with E-state index < -0.39 is 0 Å². The summed E-state index contributed by atoms with van der Waals surface area (Å²) in [4.78, 5) is 5.61. The van der Waals surface area contributed by atoms with E-state index >= 15 is 0 Å². The zero-order valence-electron chi connectivity index (χ0n) is 15.1. The molecule has 3 heteroatoms. The van der Waals surface area contributed by atoms with Crippen molar-refractivity contribution in [2.45, 2.75) is 26.0 Å². The molecule has 0 unspecified atom stereocenters. The monoisotopic (exact) mass is 408 g/mol. The van der Waals surface area contributed by atoms with E-state index in [-0.39, 0.29) is 0 Å². The summed E-state index contributed by atoms with van der Waals surface area (Å²) in [7, 11) is 0.742. The third-order valence-corrected chi connectivity index (χ3v) is 9.46. The molecule has 4 aromatic rings. The first-order valence-electron chi connectivity index (χ1n) is 9.40. The number of benzene rings is 4. The van der Waals surface area contributed by atoms with Crippen molar-refractivity contribution in [3.8, 4) is 11.1 Å². The highest BCUT2D eigenvalue weighted by Gasteiger charge is 2.19. The fourth-order valence-corrected chi connectivity index (χ4v) is 7.53. The van der Waals surface area contributed by atoms with Gasteiger partial charge in [-0.15, -0.1) is 0 Å². The van der Waals surface area contributed by atoms with E-state index in [0.717, 1.165) is 15.9 Å². The molecular formula is C25H16S2Si. The first-order chi connectivity index (χ1) is 13.8. The lowest BCUT2D eigenvalue weighted by atomic mass is 9.98. The van der Waals surface area contributed by atoms with Crippen molar-refractivity contribution in [1.29, 1.82) is 0 Å². The molecule has 0 N–H and O–H groups in total. The van der Waals surface area contributed by atoms with Crippen molar-refractivity contribution in [3.63, 3.8) is 0 Å². The number of hydrogen-bond acceptors (Lipinski definition) is 2. The van der Waals surface area contributed by atoms with Crippen LogP contribution in [0.25, 0.3) is 11.1 Å². The Morgan fingerprint density at radius 1 is 0.536 bits per heavy atom. The summed E-state index contributed by atoms with van der Waals surface area (Å²) in [5, 5.41) is 2.94. The second-order valence-electron chi connectivity index (χ2n) is 7.14. The topological polar surface area (TPSA) is 0 Å². The van der Waals surface area contributed by atoms with Crippen LogP contribution < -0.4 is 10.4 Å². The predicted molar refractivity (Wildman–Crippen MR) is 121 cm³/mol. The molecule has 28 heavy (non-hydrogen) atoms. The van der Waals surface area contributed by atoms with E-state index in [9.17, 15) is 0 Å². The Bertz CT molecular complexity index is 1130. The third-order valence-electron chi connectivity index (χ3n) is 5.32. The van der Waals surface area contributed by atoms with Gasteiger partial charge < -0.3 is 0 Å². The van der Waals surface area contributed by atoms with Gasteiger partial charge in [0.25, 0.3) is 0 Å². The highest BCUT2D eigenvalue weighted by atomic mass is 32.2. The minimum Gasteiger partial charge on any atom is -0.0904 e. The van der Waals surface area contributed by atoms with Crippen LogP contribution in [0.15, 0.2) is 105 Å². The van der Waals surface area contributed by atoms with E-state index in [2.05, 4.69) is 84.9 Å². The molecule has 0 fully saturated rings. The van der Waals surface area contributed by atoms with Crippen LogP contribution in [0.1, 0.15) is 11.1 Å². The normalized spacial score (nSPS) is 13.9. The molecule has 2 aliphatic rings. The summed E-state index contributed by atoms with van der Waals surface area (Å²) in [5.74, 6) is 0. The Labute approximate surface area is 176 Å². The molecule has 0 amide bonds. The molecule has 2 radical (unpaired) electrons. The summed E-state index contributed by atoms with van der Waals surface area (Å²) in [6.45, 7) is 0. The van der Waals surface area contributed by atoms with Gasteiger partial charge in [0.1, 0.15) is 9.52 Å². The first-order valence-corrected chi connectivity index (χ1v) is 12.0. The zero-order chi connectivity index (χ0) is 18.5. The molecule has 4 aromatic carbocycles. The maximum Gasteiger partial charge on any atom is 0.124 e. The van der Waals surface area contributed by atoms with Crippen molar-refractivity contribution >= 4 is 43.4 Å². The highest BCUT2D eigenvalue weighted by molar-refractivity contribution is 8.00. The third kappa shape index (κ3) is 2.86. The summed E-state index contributed by atoms with van der Waals surface area (Å²) in [6.07, 6.45) is 1.03. The summed E-state index contributed by atoms with van der Waals surface area (Å²) >= 11 is 3.80. The predicted octanol–water partition coefficient (Wildman–Crippen LogP) is 5.53. The molecule has 6 rings (SSSR count). The second-order valence-corrected chi connectivity index (χ2v) is 10.6. The molecule has 2 heterocycles. The SMILES string of the molecule is c1ccc2c(c1)Cc1cc(-c3ccc4c(c3)[Si]c3ccccc3S4)ccc1S2. The van der Waals surface area contributed by atoms with Crippen molar-refractivity contribution < 1.29 is 0 Å². The maximum absolute atomic E-state index is 2.41. The Morgan fingerprint density at radius 2 is 1.18 bits per heavy atom. The maximum atomic E-state index is 2.41. The lowest BCUT2D eigenvalue weighted by Gasteiger charge is -2.21. The van der Waals surface area contributed by atoms with Crippen molar-refractivity contribution in [1.82, 2.24) is 0 Å². The van der Waals surface area contributed by atoms with E-state index in [0.29, 0.717) is 0 Å². The first kappa shape index (κ1) is 16.7. The number of rotatable bonds is 1. The van der Waals surface area contributed by atoms with Crippen molar-refractivity contribution in [2.24, 2.45) is 0 Å². The van der Waals surface area contributed by atoms with E-state index in [1.54, 1.807) is 0 Å². The quantitative estimate of drug-likeness (QED) is 0.328. The molecule has 2 aliphatic heterocycles. The van der Waals surface area contributed by atoms with Gasteiger partial charge in [-0.1, -0.05) is 78.1 Å². The fraction of sp³-hybridized carbons (Fsp3) is 0.0400. The van der Waals surface area contributed by atoms with Gasteiger partial charge in [-0.3, -0.25) is 0 Å². The number of hydrogen-bond donors (Lipinski definition) is 0. The van der Waals surface area contributed by atoms with Gasteiger partial charge in [-0.05, 0) is 69.4 Å². The molecule has 0 saturated carbocycles. The Kier molecular flexibility index (Phi) is 4.00. The smallest absolute Gasteiger partial charge is 0.0904 e. The largest absolute Gasteiger partial charge is 0.124 e. The van der Waals surface area contributed by atoms with Gasteiger partial charge >= 0.3 is 0 Å². The van der Waals surface area contributed by atoms with Crippen LogP contribution in [0.3, 0.4) is 0 Å². The molecule has 132 valence electrons. The number of fused-ring (bicyclic) bond motifs is 4. The van der Waals surface area contributed by atoms with Gasteiger partial charge in [0, 0.05) is 19.6 Å². The van der Waals surface area contributed by atoms with Crippen molar-refractivity contribution in [3.05, 3.63) is 96.1 Å². The Morgan fingerprint density at radius 3 is 2.11 bits per heavy atom. The molecule has 0 nitrogen and oxygen atoms in total. The van der Waals surface area contributed by atoms with E-state index in [1.165, 1.54) is 52.2 Å². The van der Waals surface area contributed by atoms with Gasteiger partial charge in [-0.2, -0.15) is 0 Å². The van der Waals surface area contributed by atoms with Crippen LogP contribution in [0.5, 0.6) is 0 Å². The van der Waals surface area contributed by atoms with Gasteiger partial charge in [-0.25, -0.2) is 0 Å². The van der Waals surface area contributed by atoms with E-state index in [4.69, 9.17) is 0 Å². The molecule has 0 spiro atoms. The van der Waals surface area contributed by atoms with Gasteiger partial charge in [0.2, 0.25) is 0 Å². The summed E-state index contributed by atoms with van der Waals surface area (Å²) < 4.78 is 0. The van der Waals surface area contributed by atoms with E-state index in [1.807, 2.05) is 23.5 Å². The van der Waals surface area contributed by atoms with Gasteiger partial charge in [0.15, 0.2) is 0 Å². The van der Waals surface area contributed by atoms with Crippen LogP contribution in [-0.2, 0) is 6.42 Å². The minimum absolute atomic E-state index is 0.742. The molecule has 0 atom stereocenters. The minimum atomic E-state index is 0.742. The van der Waals surface area contributed by atoms with Gasteiger partial charge in [0.05, 0.1) is 0 Å². The Hall–Kier alpha value is -2.20. The summed E-state index contributed by atoms with van der Waals surface area (Å²) in [5.41, 5.74) is 5.55. The van der Waals surface area contributed by atoms with Crippen LogP contribution in [0.2, 0.25) is 0 Å². The zero-order valence-corrected chi connectivity index (χ0v) is 17.7. The highest BCUT2D eigenvalue weighted by Crippen LogP contribution is 2.41. The van der Waals surface area contributed by atoms with Crippen molar-refractivity contribution in [2.75, 3.05) is 0 Å². The average molecular weight is 409 g/mol. The van der Waals surface area contributed by atoms with Crippen LogP contribution in [0, 0.1) is 0 Å². The van der Waals surface area contributed by atoms with Crippen LogP contribution in [0.4, 0.5) is 0 Å². The molecule has 0 aliphatic carbocycles. The van der Waals surface area contributed by atoms with Crippen LogP contribution >= 0.6 is 23.5 Å². The molecule has 0 saturated heterocycles.